The number of ether oxygens (including phenoxy) is 4. The molecule has 0 aliphatic carbocycles. The molecule has 0 heterocycles. The Morgan fingerprint density at radius 1 is 0.870 bits per heavy atom. The maximum absolute atomic E-state index is 11.5. The van der Waals surface area contributed by atoms with Crippen molar-refractivity contribution in [3.63, 3.8) is 0 Å². The van der Waals surface area contributed by atoms with Crippen molar-refractivity contribution >= 4 is 5.91 Å². The van der Waals surface area contributed by atoms with E-state index >= 15 is 0 Å². The number of carbonyl (C=O) groups excluding carboxylic acids is 1. The number of rotatable bonds is 16. The number of nitrogens with one attached hydrogen (secondary N) is 1. The van der Waals surface area contributed by atoms with Crippen LogP contribution in [0.1, 0.15) is 40.5 Å². The molecule has 0 saturated heterocycles. The summed E-state index contributed by atoms with van der Waals surface area (Å²) in [6.07, 6.45) is 2.46. The Morgan fingerprint density at radius 2 is 1.52 bits per heavy atom. The van der Waals surface area contributed by atoms with Gasteiger partial charge in [0.15, 0.2) is 0 Å². The summed E-state index contributed by atoms with van der Waals surface area (Å²) in [6, 6.07) is 0. The molecular weight excluding hydrogens is 298 g/mol. The van der Waals surface area contributed by atoms with E-state index in [4.69, 9.17) is 18.9 Å². The minimum absolute atomic E-state index is 0.0548. The minimum atomic E-state index is -0.126. The first-order chi connectivity index (χ1) is 11.0. The summed E-state index contributed by atoms with van der Waals surface area (Å²) in [5.41, 5.74) is 0. The molecule has 0 saturated carbocycles. The molecule has 0 fully saturated rings. The Labute approximate surface area is 141 Å². The van der Waals surface area contributed by atoms with Crippen LogP contribution in [0.4, 0.5) is 0 Å². The van der Waals surface area contributed by atoms with Crippen LogP contribution < -0.4 is 5.32 Å². The Bertz CT molecular complexity index is 272. The lowest BCUT2D eigenvalue weighted by molar-refractivity contribution is -0.126. The molecule has 0 bridgehead atoms. The Morgan fingerprint density at radius 3 is 2.22 bits per heavy atom. The lowest BCUT2D eigenvalue weighted by Crippen LogP contribution is -2.31. The van der Waals surface area contributed by atoms with E-state index in [0.29, 0.717) is 45.5 Å². The fraction of sp³-hybridized carbons (Fsp3) is 0.941. The molecule has 0 aromatic carbocycles. The Kier molecular flexibility index (Phi) is 15.7. The average Bonchev–Trinajstić information content (AvgIpc) is 2.48. The van der Waals surface area contributed by atoms with Crippen LogP contribution in [0.5, 0.6) is 0 Å². The monoisotopic (exact) mass is 333 g/mol. The molecule has 23 heavy (non-hydrogen) atoms. The lowest BCUT2D eigenvalue weighted by Gasteiger charge is -2.09. The first-order valence-corrected chi connectivity index (χ1v) is 8.64. The van der Waals surface area contributed by atoms with Gasteiger partial charge in [-0.3, -0.25) is 4.79 Å². The fourth-order valence-electron chi connectivity index (χ4n) is 1.74. The fourth-order valence-corrected chi connectivity index (χ4v) is 1.74. The smallest absolute Gasteiger partial charge is 0.246 e. The predicted molar refractivity (Wildman–Crippen MR) is 90.6 cm³/mol. The maximum Gasteiger partial charge on any atom is 0.246 e. The third kappa shape index (κ3) is 19.3. The molecular formula is C17H35NO5. The van der Waals surface area contributed by atoms with E-state index in [2.05, 4.69) is 19.2 Å². The third-order valence-electron chi connectivity index (χ3n) is 2.92. The highest BCUT2D eigenvalue weighted by atomic mass is 16.5. The van der Waals surface area contributed by atoms with E-state index in [1.165, 1.54) is 6.42 Å². The van der Waals surface area contributed by atoms with Gasteiger partial charge in [-0.25, -0.2) is 0 Å². The molecule has 0 rings (SSSR count). The van der Waals surface area contributed by atoms with Crippen LogP contribution in [0.25, 0.3) is 0 Å². The number of carbonyl (C=O) groups is 1. The number of amides is 1. The summed E-state index contributed by atoms with van der Waals surface area (Å²) in [5.74, 6) is 0.584. The lowest BCUT2D eigenvalue weighted by atomic mass is 10.1. The zero-order valence-electron chi connectivity index (χ0n) is 15.3. The molecule has 0 radical (unpaired) electrons. The van der Waals surface area contributed by atoms with Crippen molar-refractivity contribution in [3.8, 4) is 0 Å². The predicted octanol–water partition coefficient (Wildman–Crippen LogP) is 2.01. The summed E-state index contributed by atoms with van der Waals surface area (Å²) >= 11 is 0. The topological polar surface area (TPSA) is 66.0 Å². The Hall–Kier alpha value is -0.690. The molecule has 1 amide bonds. The molecule has 0 atom stereocenters. The summed E-state index contributed by atoms with van der Waals surface area (Å²) < 4.78 is 21.3. The zero-order valence-corrected chi connectivity index (χ0v) is 15.3. The third-order valence-corrected chi connectivity index (χ3v) is 2.92. The quantitative estimate of drug-likeness (QED) is 0.438. The normalized spacial score (nSPS) is 11.4. The van der Waals surface area contributed by atoms with E-state index in [1.807, 2.05) is 13.8 Å². The second-order valence-electron chi connectivity index (χ2n) is 6.08. The van der Waals surface area contributed by atoms with Crippen LogP contribution in [0.2, 0.25) is 0 Å². The van der Waals surface area contributed by atoms with Gasteiger partial charge in [0, 0.05) is 13.2 Å². The van der Waals surface area contributed by atoms with Gasteiger partial charge in [0.1, 0.15) is 6.61 Å². The van der Waals surface area contributed by atoms with Crippen LogP contribution in [0.15, 0.2) is 0 Å². The second-order valence-corrected chi connectivity index (χ2v) is 6.08. The first-order valence-electron chi connectivity index (χ1n) is 8.64. The highest BCUT2D eigenvalue weighted by Gasteiger charge is 2.01. The van der Waals surface area contributed by atoms with Crippen LogP contribution >= 0.6 is 0 Å². The van der Waals surface area contributed by atoms with Crippen LogP contribution in [0, 0.1) is 5.92 Å². The minimum Gasteiger partial charge on any atom is -0.380 e. The summed E-state index contributed by atoms with van der Waals surface area (Å²) in [5, 5.41) is 2.76. The van der Waals surface area contributed by atoms with Crippen molar-refractivity contribution in [1.82, 2.24) is 5.32 Å². The van der Waals surface area contributed by atoms with Gasteiger partial charge < -0.3 is 24.3 Å². The standard InChI is InChI=1S/C17H35NO5/c1-15(2)6-5-8-20-9-7-18-17(19)14-22-11-10-21-12-13-23-16(3)4/h15-16H,5-14H2,1-4H3,(H,18,19). The summed E-state index contributed by atoms with van der Waals surface area (Å²) in [4.78, 5) is 11.5. The van der Waals surface area contributed by atoms with Crippen molar-refractivity contribution in [2.45, 2.75) is 46.6 Å². The zero-order chi connectivity index (χ0) is 17.3. The van der Waals surface area contributed by atoms with Gasteiger partial charge >= 0.3 is 0 Å². The second kappa shape index (κ2) is 16.2. The van der Waals surface area contributed by atoms with Gasteiger partial charge in [-0.2, -0.15) is 0 Å². The molecule has 138 valence electrons. The highest BCUT2D eigenvalue weighted by molar-refractivity contribution is 5.77. The van der Waals surface area contributed by atoms with E-state index in [-0.39, 0.29) is 18.6 Å². The average molecular weight is 333 g/mol. The van der Waals surface area contributed by atoms with Gasteiger partial charge in [-0.15, -0.1) is 0 Å². The van der Waals surface area contributed by atoms with Crippen molar-refractivity contribution in [2.24, 2.45) is 5.92 Å². The molecule has 0 spiro atoms. The van der Waals surface area contributed by atoms with Gasteiger partial charge in [-0.05, 0) is 32.6 Å². The SMILES string of the molecule is CC(C)CCCOCCNC(=O)COCCOCCOC(C)C. The van der Waals surface area contributed by atoms with Crippen molar-refractivity contribution in [2.75, 3.05) is 52.8 Å². The van der Waals surface area contributed by atoms with Crippen molar-refractivity contribution in [1.29, 1.82) is 0 Å². The Balaban J connectivity index is 3.19. The van der Waals surface area contributed by atoms with Crippen LogP contribution in [-0.2, 0) is 23.7 Å². The molecule has 6 nitrogen and oxygen atoms in total. The van der Waals surface area contributed by atoms with E-state index in [1.54, 1.807) is 0 Å². The van der Waals surface area contributed by atoms with Crippen LogP contribution in [-0.4, -0.2) is 64.8 Å². The molecule has 0 aromatic rings. The van der Waals surface area contributed by atoms with Crippen LogP contribution in [0.3, 0.4) is 0 Å². The molecule has 6 heteroatoms. The maximum atomic E-state index is 11.5. The largest absolute Gasteiger partial charge is 0.380 e. The van der Waals surface area contributed by atoms with Gasteiger partial charge in [-0.1, -0.05) is 13.8 Å². The number of hydrogen-bond acceptors (Lipinski definition) is 5. The summed E-state index contributed by atoms with van der Waals surface area (Å²) in [7, 11) is 0. The molecule has 0 aromatic heterocycles. The van der Waals surface area contributed by atoms with Gasteiger partial charge in [0.25, 0.3) is 0 Å². The van der Waals surface area contributed by atoms with E-state index in [0.717, 1.165) is 13.0 Å². The molecule has 0 unspecified atom stereocenters. The van der Waals surface area contributed by atoms with Gasteiger partial charge in [0.05, 0.1) is 39.1 Å². The molecule has 1 N–H and O–H groups in total. The molecule has 0 aliphatic heterocycles. The van der Waals surface area contributed by atoms with Crippen molar-refractivity contribution < 1.29 is 23.7 Å². The van der Waals surface area contributed by atoms with E-state index in [9.17, 15) is 4.79 Å². The van der Waals surface area contributed by atoms with Gasteiger partial charge in [0.2, 0.25) is 5.91 Å². The van der Waals surface area contributed by atoms with Crippen molar-refractivity contribution in [3.05, 3.63) is 0 Å². The number of hydrogen-bond donors (Lipinski definition) is 1. The molecule has 0 aliphatic rings. The van der Waals surface area contributed by atoms with E-state index < -0.39 is 0 Å². The summed E-state index contributed by atoms with van der Waals surface area (Å²) in [6.45, 7) is 12.2. The highest BCUT2D eigenvalue weighted by Crippen LogP contribution is 2.02. The first kappa shape index (κ1) is 22.3.